The molecule has 0 aromatic rings. The molecule has 0 unspecified atom stereocenters. The van der Waals surface area contributed by atoms with Crippen molar-refractivity contribution in [3.8, 4) is 0 Å². The van der Waals surface area contributed by atoms with Crippen molar-refractivity contribution in [3.05, 3.63) is 24.8 Å². The van der Waals surface area contributed by atoms with Crippen LogP contribution in [0.4, 0.5) is 0 Å². The van der Waals surface area contributed by atoms with Crippen LogP contribution in [0.2, 0.25) is 0 Å². The molecular formula is C17H31. The van der Waals surface area contributed by atoms with Gasteiger partial charge in [-0.2, -0.15) is 0 Å². The Morgan fingerprint density at radius 2 is 1.24 bits per heavy atom. The molecule has 1 radical (unpaired) electrons. The summed E-state index contributed by atoms with van der Waals surface area (Å²) in [5.41, 5.74) is 0. The predicted octanol–water partition coefficient (Wildman–Crippen LogP) is 6.23. The van der Waals surface area contributed by atoms with Crippen molar-refractivity contribution in [2.24, 2.45) is 0 Å². The number of unbranched alkanes of at least 4 members (excludes halogenated alkanes) is 10. The molecule has 17 heavy (non-hydrogen) atoms. The monoisotopic (exact) mass is 235 g/mol. The topological polar surface area (TPSA) is 0 Å². The van der Waals surface area contributed by atoms with E-state index in [9.17, 15) is 0 Å². The lowest BCUT2D eigenvalue weighted by atomic mass is 10.1. The number of hydrogen-bond donors (Lipinski definition) is 0. The maximum Gasteiger partial charge on any atom is -0.0166 e. The third-order valence-electron chi connectivity index (χ3n) is 3.16. The third kappa shape index (κ3) is 15.5. The molecule has 0 fully saturated rings. The average Bonchev–Trinajstić information content (AvgIpc) is 2.35. The number of allylic oxidation sites excluding steroid dienone is 3. The molecule has 0 rings (SSSR count). The molecule has 0 saturated carbocycles. The second-order valence-electron chi connectivity index (χ2n) is 4.91. The van der Waals surface area contributed by atoms with Crippen molar-refractivity contribution in [2.45, 2.75) is 84.0 Å². The molecule has 0 bridgehead atoms. The van der Waals surface area contributed by atoms with Crippen molar-refractivity contribution in [1.82, 2.24) is 0 Å². The first-order valence-corrected chi connectivity index (χ1v) is 7.60. The lowest BCUT2D eigenvalue weighted by Crippen LogP contribution is -1.81. The fourth-order valence-electron chi connectivity index (χ4n) is 2.04. The van der Waals surface area contributed by atoms with Crippen molar-refractivity contribution in [3.63, 3.8) is 0 Å². The number of hydrogen-bond acceptors (Lipinski definition) is 0. The van der Waals surface area contributed by atoms with Crippen LogP contribution in [0.15, 0.2) is 18.2 Å². The summed E-state index contributed by atoms with van der Waals surface area (Å²) in [6, 6.07) is 0. The second-order valence-corrected chi connectivity index (χ2v) is 4.91. The first-order valence-electron chi connectivity index (χ1n) is 7.60. The Hall–Kier alpha value is -0.520. The Morgan fingerprint density at radius 3 is 1.76 bits per heavy atom. The molecule has 0 aliphatic rings. The summed E-state index contributed by atoms with van der Waals surface area (Å²) in [6.45, 7) is 7.57. The average molecular weight is 235 g/mol. The third-order valence-corrected chi connectivity index (χ3v) is 3.16. The minimum atomic E-state index is 0.914. The lowest BCUT2D eigenvalue weighted by Gasteiger charge is -2.01. The normalized spacial score (nSPS) is 11.1. The Morgan fingerprint density at radius 1 is 0.706 bits per heavy atom. The summed E-state index contributed by atoms with van der Waals surface area (Å²) in [5, 5.41) is 0. The smallest absolute Gasteiger partial charge is 0.0166 e. The molecule has 99 valence electrons. The zero-order chi connectivity index (χ0) is 12.6. The molecule has 0 aromatic heterocycles. The summed E-state index contributed by atoms with van der Waals surface area (Å²) in [6.07, 6.45) is 22.4. The molecule has 0 aliphatic heterocycles. The van der Waals surface area contributed by atoms with Gasteiger partial charge in [0.1, 0.15) is 0 Å². The fourth-order valence-corrected chi connectivity index (χ4v) is 2.04. The SMILES string of the molecule is [CH]=CCC=CCCCCCCCCCCCC. The van der Waals surface area contributed by atoms with E-state index in [0.717, 1.165) is 6.42 Å². The number of rotatable bonds is 13. The summed E-state index contributed by atoms with van der Waals surface area (Å²) < 4.78 is 0. The molecule has 0 spiro atoms. The van der Waals surface area contributed by atoms with E-state index in [1.54, 1.807) is 6.08 Å². The van der Waals surface area contributed by atoms with Crippen LogP contribution >= 0.6 is 0 Å². The lowest BCUT2D eigenvalue weighted by molar-refractivity contribution is 0.557. The van der Waals surface area contributed by atoms with Crippen molar-refractivity contribution in [1.29, 1.82) is 0 Å². The molecule has 0 heterocycles. The maximum atomic E-state index is 5.29. The van der Waals surface area contributed by atoms with Gasteiger partial charge in [0.05, 0.1) is 0 Å². The molecule has 0 N–H and O–H groups in total. The fraction of sp³-hybridized carbons (Fsp3) is 0.765. The van der Waals surface area contributed by atoms with Crippen molar-refractivity contribution >= 4 is 0 Å². The highest BCUT2D eigenvalue weighted by atomic mass is 14.0. The van der Waals surface area contributed by atoms with Gasteiger partial charge in [0.25, 0.3) is 0 Å². The van der Waals surface area contributed by atoms with E-state index in [-0.39, 0.29) is 0 Å². The zero-order valence-corrected chi connectivity index (χ0v) is 11.8. The van der Waals surface area contributed by atoms with Crippen LogP contribution < -0.4 is 0 Å². The van der Waals surface area contributed by atoms with Gasteiger partial charge in [-0.05, 0) is 19.3 Å². The van der Waals surface area contributed by atoms with E-state index in [0.29, 0.717) is 0 Å². The molecule has 0 aliphatic carbocycles. The van der Waals surface area contributed by atoms with Crippen LogP contribution in [-0.4, -0.2) is 0 Å². The van der Waals surface area contributed by atoms with Crippen LogP contribution in [0.3, 0.4) is 0 Å². The highest BCUT2D eigenvalue weighted by Gasteiger charge is 1.91. The zero-order valence-electron chi connectivity index (χ0n) is 11.8. The van der Waals surface area contributed by atoms with Crippen molar-refractivity contribution in [2.75, 3.05) is 0 Å². The van der Waals surface area contributed by atoms with E-state index in [4.69, 9.17) is 6.58 Å². The minimum Gasteiger partial charge on any atom is -0.0882 e. The molecule has 0 nitrogen and oxygen atoms in total. The van der Waals surface area contributed by atoms with Crippen LogP contribution in [0.5, 0.6) is 0 Å². The van der Waals surface area contributed by atoms with Gasteiger partial charge in [-0.1, -0.05) is 89.5 Å². The van der Waals surface area contributed by atoms with Crippen LogP contribution in [0.25, 0.3) is 0 Å². The molecule has 0 heteroatoms. The van der Waals surface area contributed by atoms with Crippen LogP contribution in [0.1, 0.15) is 84.0 Å². The van der Waals surface area contributed by atoms with Crippen LogP contribution in [-0.2, 0) is 0 Å². The molecular weight excluding hydrogens is 204 g/mol. The summed E-state index contributed by atoms with van der Waals surface area (Å²) >= 11 is 0. The van der Waals surface area contributed by atoms with Gasteiger partial charge in [0, 0.05) is 0 Å². The highest BCUT2D eigenvalue weighted by molar-refractivity contribution is 4.86. The van der Waals surface area contributed by atoms with Gasteiger partial charge in [-0.15, -0.1) is 0 Å². The first-order chi connectivity index (χ1) is 8.41. The van der Waals surface area contributed by atoms with Gasteiger partial charge in [-0.25, -0.2) is 0 Å². The van der Waals surface area contributed by atoms with Gasteiger partial charge in [0.2, 0.25) is 0 Å². The Balaban J connectivity index is 2.96. The maximum absolute atomic E-state index is 5.29. The van der Waals surface area contributed by atoms with Gasteiger partial charge in [-0.3, -0.25) is 0 Å². The minimum absolute atomic E-state index is 0.914. The Bertz CT molecular complexity index is 167. The van der Waals surface area contributed by atoms with E-state index in [1.807, 2.05) is 0 Å². The first kappa shape index (κ1) is 16.5. The summed E-state index contributed by atoms with van der Waals surface area (Å²) in [4.78, 5) is 0. The van der Waals surface area contributed by atoms with Gasteiger partial charge in [0.15, 0.2) is 0 Å². The largest absolute Gasteiger partial charge is 0.0882 e. The highest BCUT2D eigenvalue weighted by Crippen LogP contribution is 2.11. The molecule has 0 amide bonds. The van der Waals surface area contributed by atoms with E-state index < -0.39 is 0 Å². The quantitative estimate of drug-likeness (QED) is 0.262. The summed E-state index contributed by atoms with van der Waals surface area (Å²) in [7, 11) is 0. The Labute approximate surface area is 109 Å². The molecule has 0 aromatic carbocycles. The van der Waals surface area contributed by atoms with E-state index in [1.165, 1.54) is 70.6 Å². The van der Waals surface area contributed by atoms with Crippen LogP contribution in [0, 0.1) is 6.58 Å². The molecule has 0 atom stereocenters. The van der Waals surface area contributed by atoms with E-state index in [2.05, 4.69) is 19.1 Å². The predicted molar refractivity (Wildman–Crippen MR) is 79.1 cm³/mol. The standard InChI is InChI=1S/C17H31/c1-3-5-7-9-11-13-15-17-16-14-12-10-8-6-4-2/h1,3,7,9H,4-6,8,10-17H2,2H3. The molecule has 0 saturated heterocycles. The van der Waals surface area contributed by atoms with E-state index >= 15 is 0 Å². The van der Waals surface area contributed by atoms with Crippen molar-refractivity contribution < 1.29 is 0 Å². The second kappa shape index (κ2) is 15.5. The summed E-state index contributed by atoms with van der Waals surface area (Å²) in [5.74, 6) is 0. The Kier molecular flexibility index (Phi) is 15.0. The van der Waals surface area contributed by atoms with Gasteiger partial charge < -0.3 is 0 Å². The van der Waals surface area contributed by atoms with Gasteiger partial charge >= 0.3 is 0 Å².